The SMILES string of the molecule is Cn1cc(-c2ccc3c(c2)NC(=O)C3)cn1. The zero-order valence-electron chi connectivity index (χ0n) is 8.90. The molecule has 0 bridgehead atoms. The minimum Gasteiger partial charge on any atom is -0.326 e. The van der Waals surface area contributed by atoms with Crippen LogP contribution >= 0.6 is 0 Å². The Kier molecular flexibility index (Phi) is 1.83. The Bertz CT molecular complexity index is 571. The summed E-state index contributed by atoms with van der Waals surface area (Å²) in [5.74, 6) is 0.0679. The number of carbonyl (C=O) groups is 1. The first-order valence-corrected chi connectivity index (χ1v) is 5.14. The zero-order valence-corrected chi connectivity index (χ0v) is 8.90. The summed E-state index contributed by atoms with van der Waals surface area (Å²) in [6, 6.07) is 6.02. The third-order valence-electron chi connectivity index (χ3n) is 2.77. The van der Waals surface area contributed by atoms with Crippen LogP contribution in [0.3, 0.4) is 0 Å². The molecule has 2 heterocycles. The fourth-order valence-electron chi connectivity index (χ4n) is 1.96. The Hall–Kier alpha value is -2.10. The molecule has 0 unspecified atom stereocenters. The lowest BCUT2D eigenvalue weighted by atomic mass is 10.1. The van der Waals surface area contributed by atoms with Gasteiger partial charge in [-0.25, -0.2) is 0 Å². The molecule has 0 saturated heterocycles. The van der Waals surface area contributed by atoms with Crippen molar-refractivity contribution in [2.45, 2.75) is 6.42 Å². The molecule has 0 radical (unpaired) electrons. The first kappa shape index (κ1) is 9.15. The van der Waals surface area contributed by atoms with Gasteiger partial charge in [0.05, 0.1) is 12.6 Å². The van der Waals surface area contributed by atoms with E-state index in [1.165, 1.54) is 0 Å². The third kappa shape index (κ3) is 1.39. The summed E-state index contributed by atoms with van der Waals surface area (Å²) in [6.45, 7) is 0. The van der Waals surface area contributed by atoms with Crippen molar-refractivity contribution in [1.29, 1.82) is 0 Å². The lowest BCUT2D eigenvalue weighted by Gasteiger charge is -2.01. The van der Waals surface area contributed by atoms with Crippen LogP contribution in [0.2, 0.25) is 0 Å². The van der Waals surface area contributed by atoms with E-state index in [0.29, 0.717) is 6.42 Å². The lowest BCUT2D eigenvalue weighted by molar-refractivity contribution is -0.115. The van der Waals surface area contributed by atoms with E-state index in [1.807, 2.05) is 37.6 Å². The molecule has 2 aromatic rings. The summed E-state index contributed by atoms with van der Waals surface area (Å²) < 4.78 is 1.77. The zero-order chi connectivity index (χ0) is 11.1. The minimum absolute atomic E-state index is 0.0679. The normalized spacial score (nSPS) is 13.7. The number of nitrogens with one attached hydrogen (secondary N) is 1. The highest BCUT2D eigenvalue weighted by Crippen LogP contribution is 2.28. The van der Waals surface area contributed by atoms with Crippen LogP contribution in [0.25, 0.3) is 11.1 Å². The van der Waals surface area contributed by atoms with Crippen molar-refractivity contribution in [1.82, 2.24) is 9.78 Å². The number of nitrogens with zero attached hydrogens (tertiary/aromatic N) is 2. The monoisotopic (exact) mass is 213 g/mol. The van der Waals surface area contributed by atoms with Crippen LogP contribution in [-0.2, 0) is 18.3 Å². The first-order valence-electron chi connectivity index (χ1n) is 5.14. The van der Waals surface area contributed by atoms with Gasteiger partial charge in [-0.05, 0) is 17.2 Å². The predicted octanol–water partition coefficient (Wildman–Crippen LogP) is 1.58. The molecule has 3 rings (SSSR count). The fraction of sp³-hybridized carbons (Fsp3) is 0.167. The van der Waals surface area contributed by atoms with E-state index in [-0.39, 0.29) is 5.91 Å². The van der Waals surface area contributed by atoms with Crippen molar-refractivity contribution in [3.63, 3.8) is 0 Å². The van der Waals surface area contributed by atoms with Gasteiger partial charge in [-0.15, -0.1) is 0 Å². The molecular weight excluding hydrogens is 202 g/mol. The second-order valence-electron chi connectivity index (χ2n) is 4.00. The van der Waals surface area contributed by atoms with Crippen LogP contribution in [-0.4, -0.2) is 15.7 Å². The summed E-state index contributed by atoms with van der Waals surface area (Å²) in [7, 11) is 1.89. The number of aryl methyl sites for hydroxylation is 1. The highest BCUT2D eigenvalue weighted by atomic mass is 16.1. The van der Waals surface area contributed by atoms with Crippen LogP contribution in [0.15, 0.2) is 30.6 Å². The summed E-state index contributed by atoms with van der Waals surface area (Å²) in [6.07, 6.45) is 4.26. The number of carbonyl (C=O) groups excluding carboxylic acids is 1. The third-order valence-corrected chi connectivity index (χ3v) is 2.77. The summed E-state index contributed by atoms with van der Waals surface area (Å²) in [4.78, 5) is 11.2. The molecule has 16 heavy (non-hydrogen) atoms. The predicted molar refractivity (Wildman–Crippen MR) is 61.0 cm³/mol. The maximum atomic E-state index is 11.2. The second-order valence-corrected chi connectivity index (χ2v) is 4.00. The molecule has 4 nitrogen and oxygen atoms in total. The van der Waals surface area contributed by atoms with E-state index < -0.39 is 0 Å². The molecule has 1 N–H and O–H groups in total. The minimum atomic E-state index is 0.0679. The van der Waals surface area contributed by atoms with Crippen molar-refractivity contribution in [3.8, 4) is 11.1 Å². The molecular formula is C12H11N3O. The van der Waals surface area contributed by atoms with Crippen LogP contribution in [0, 0.1) is 0 Å². The Morgan fingerprint density at radius 3 is 3.00 bits per heavy atom. The Morgan fingerprint density at radius 1 is 1.38 bits per heavy atom. The smallest absolute Gasteiger partial charge is 0.228 e. The van der Waals surface area contributed by atoms with E-state index >= 15 is 0 Å². The van der Waals surface area contributed by atoms with Crippen molar-refractivity contribution in [3.05, 3.63) is 36.2 Å². The maximum Gasteiger partial charge on any atom is 0.228 e. The molecule has 0 spiro atoms. The molecule has 0 saturated carbocycles. The average Bonchev–Trinajstić information content (AvgIpc) is 2.81. The molecule has 0 atom stereocenters. The number of aromatic nitrogens is 2. The van der Waals surface area contributed by atoms with Crippen LogP contribution < -0.4 is 5.32 Å². The average molecular weight is 213 g/mol. The quantitative estimate of drug-likeness (QED) is 0.781. The lowest BCUT2D eigenvalue weighted by Crippen LogP contribution is -2.03. The van der Waals surface area contributed by atoms with Crippen LogP contribution in [0.5, 0.6) is 0 Å². The summed E-state index contributed by atoms with van der Waals surface area (Å²) >= 11 is 0. The molecule has 80 valence electrons. The van der Waals surface area contributed by atoms with E-state index in [9.17, 15) is 4.79 Å². The highest BCUT2D eigenvalue weighted by molar-refractivity contribution is 5.99. The van der Waals surface area contributed by atoms with Gasteiger partial charge >= 0.3 is 0 Å². The number of benzene rings is 1. The first-order chi connectivity index (χ1) is 7.72. The second kappa shape index (κ2) is 3.20. The van der Waals surface area contributed by atoms with Crippen molar-refractivity contribution in [2.75, 3.05) is 5.32 Å². The van der Waals surface area contributed by atoms with Gasteiger partial charge in [-0.1, -0.05) is 12.1 Å². The number of hydrogen-bond acceptors (Lipinski definition) is 2. The molecule has 0 aliphatic carbocycles. The van der Waals surface area contributed by atoms with E-state index in [1.54, 1.807) is 4.68 Å². The number of rotatable bonds is 1. The maximum absolute atomic E-state index is 11.2. The van der Waals surface area contributed by atoms with Gasteiger partial charge in [0.1, 0.15) is 0 Å². The van der Waals surface area contributed by atoms with Gasteiger partial charge in [-0.2, -0.15) is 5.10 Å². The molecule has 1 aromatic heterocycles. The molecule has 1 amide bonds. The summed E-state index contributed by atoms with van der Waals surface area (Å²) in [5.41, 5.74) is 4.13. The van der Waals surface area contributed by atoms with Crippen molar-refractivity contribution < 1.29 is 4.79 Å². The van der Waals surface area contributed by atoms with Gasteiger partial charge < -0.3 is 5.32 Å². The summed E-state index contributed by atoms with van der Waals surface area (Å²) in [5, 5.41) is 6.98. The topological polar surface area (TPSA) is 46.9 Å². The van der Waals surface area contributed by atoms with E-state index in [0.717, 1.165) is 22.4 Å². The number of fused-ring (bicyclic) bond motifs is 1. The van der Waals surface area contributed by atoms with Gasteiger partial charge in [0.15, 0.2) is 0 Å². The standard InChI is InChI=1S/C12H11N3O/c1-15-7-10(6-13-15)8-2-3-9-5-12(16)14-11(9)4-8/h2-4,6-7H,5H2,1H3,(H,14,16). The van der Waals surface area contributed by atoms with Crippen molar-refractivity contribution in [2.24, 2.45) is 7.05 Å². The molecule has 0 fully saturated rings. The van der Waals surface area contributed by atoms with Gasteiger partial charge in [0.25, 0.3) is 0 Å². The molecule has 1 aliphatic rings. The fourth-order valence-corrected chi connectivity index (χ4v) is 1.96. The van der Waals surface area contributed by atoms with E-state index in [2.05, 4.69) is 10.4 Å². The van der Waals surface area contributed by atoms with Gasteiger partial charge in [0.2, 0.25) is 5.91 Å². The Labute approximate surface area is 92.9 Å². The number of hydrogen-bond donors (Lipinski definition) is 1. The largest absolute Gasteiger partial charge is 0.326 e. The van der Waals surface area contributed by atoms with Crippen molar-refractivity contribution >= 4 is 11.6 Å². The number of amides is 1. The van der Waals surface area contributed by atoms with Gasteiger partial charge in [0, 0.05) is 24.5 Å². The Morgan fingerprint density at radius 2 is 2.25 bits per heavy atom. The van der Waals surface area contributed by atoms with Gasteiger partial charge in [-0.3, -0.25) is 9.48 Å². The van der Waals surface area contributed by atoms with Crippen LogP contribution in [0.4, 0.5) is 5.69 Å². The van der Waals surface area contributed by atoms with Crippen LogP contribution in [0.1, 0.15) is 5.56 Å². The highest BCUT2D eigenvalue weighted by Gasteiger charge is 2.17. The number of anilines is 1. The molecule has 4 heteroatoms. The Balaban J connectivity index is 2.05. The molecule has 1 aromatic carbocycles. The molecule has 1 aliphatic heterocycles. The van der Waals surface area contributed by atoms with E-state index in [4.69, 9.17) is 0 Å².